The van der Waals surface area contributed by atoms with E-state index in [1.807, 2.05) is 0 Å². The Labute approximate surface area is 89.8 Å². The number of rotatable bonds is 3. The molecule has 1 saturated carbocycles. The van der Waals surface area contributed by atoms with Gasteiger partial charge in [-0.15, -0.1) is 10.2 Å². The maximum Gasteiger partial charge on any atom is 0.179 e. The summed E-state index contributed by atoms with van der Waals surface area (Å²) in [5, 5.41) is 14.3. The van der Waals surface area contributed by atoms with E-state index in [0.29, 0.717) is 18.4 Å². The molecule has 84 valence electrons. The van der Waals surface area contributed by atoms with Gasteiger partial charge >= 0.3 is 0 Å². The number of tetrazole rings is 1. The zero-order valence-electron chi connectivity index (χ0n) is 9.02. The van der Waals surface area contributed by atoms with Gasteiger partial charge in [0.1, 0.15) is 0 Å². The molecular weight excluding hydrogens is 190 g/mol. The van der Waals surface area contributed by atoms with Crippen molar-refractivity contribution in [1.29, 1.82) is 0 Å². The van der Waals surface area contributed by atoms with Crippen molar-refractivity contribution >= 4 is 0 Å². The quantitative estimate of drug-likeness (QED) is 0.733. The van der Waals surface area contributed by atoms with Gasteiger partial charge in [0.2, 0.25) is 0 Å². The molecule has 0 saturated heterocycles. The maximum absolute atomic E-state index is 5.82. The van der Waals surface area contributed by atoms with Crippen molar-refractivity contribution in [3.63, 3.8) is 0 Å². The van der Waals surface area contributed by atoms with Gasteiger partial charge in [-0.1, -0.05) is 30.9 Å². The first-order valence-electron chi connectivity index (χ1n) is 5.85. The lowest BCUT2D eigenvalue weighted by Gasteiger charge is -2.21. The molecule has 0 spiro atoms. The summed E-state index contributed by atoms with van der Waals surface area (Å²) >= 11 is 0. The van der Waals surface area contributed by atoms with E-state index in [9.17, 15) is 0 Å². The Hall–Kier alpha value is -0.970. The van der Waals surface area contributed by atoms with E-state index in [1.165, 1.54) is 38.5 Å². The molecule has 2 rings (SSSR count). The van der Waals surface area contributed by atoms with Gasteiger partial charge in [-0.05, 0) is 18.8 Å². The van der Waals surface area contributed by atoms with Crippen molar-refractivity contribution in [2.24, 2.45) is 11.7 Å². The standard InChI is InChI=1S/C10H19N5/c11-7-9(10-12-14-15-13-10)8-5-3-1-2-4-6-8/h8-9H,1-7,11H2,(H,12,13,14,15). The van der Waals surface area contributed by atoms with Gasteiger partial charge in [0, 0.05) is 12.5 Å². The summed E-state index contributed by atoms with van der Waals surface area (Å²) in [4.78, 5) is 0. The SMILES string of the molecule is NCC(c1nn[nH]n1)C1CCCCCC1. The number of aromatic amines is 1. The van der Waals surface area contributed by atoms with E-state index in [2.05, 4.69) is 20.6 Å². The fraction of sp³-hybridized carbons (Fsp3) is 0.900. The monoisotopic (exact) mass is 209 g/mol. The van der Waals surface area contributed by atoms with Crippen LogP contribution in [0.5, 0.6) is 0 Å². The summed E-state index contributed by atoms with van der Waals surface area (Å²) in [6.45, 7) is 0.629. The highest BCUT2D eigenvalue weighted by molar-refractivity contribution is 4.96. The average Bonchev–Trinajstić information content (AvgIpc) is 2.63. The van der Waals surface area contributed by atoms with Gasteiger partial charge in [0.25, 0.3) is 0 Å². The number of nitrogens with two attached hydrogens (primary N) is 1. The maximum atomic E-state index is 5.82. The topological polar surface area (TPSA) is 80.5 Å². The molecule has 0 bridgehead atoms. The van der Waals surface area contributed by atoms with Crippen LogP contribution in [0.2, 0.25) is 0 Å². The van der Waals surface area contributed by atoms with Crippen LogP contribution in [0, 0.1) is 5.92 Å². The normalized spacial score (nSPS) is 21.1. The van der Waals surface area contributed by atoms with E-state index < -0.39 is 0 Å². The summed E-state index contributed by atoms with van der Waals surface area (Å²) in [7, 11) is 0. The van der Waals surface area contributed by atoms with Crippen LogP contribution in [-0.4, -0.2) is 27.2 Å². The highest BCUT2D eigenvalue weighted by Gasteiger charge is 2.25. The molecule has 15 heavy (non-hydrogen) atoms. The van der Waals surface area contributed by atoms with Gasteiger partial charge in [0.15, 0.2) is 5.82 Å². The minimum atomic E-state index is 0.293. The molecule has 0 aromatic carbocycles. The number of H-pyrrole nitrogens is 1. The van der Waals surface area contributed by atoms with Gasteiger partial charge < -0.3 is 5.73 Å². The smallest absolute Gasteiger partial charge is 0.179 e. The van der Waals surface area contributed by atoms with Crippen molar-refractivity contribution < 1.29 is 0 Å². The van der Waals surface area contributed by atoms with Crippen molar-refractivity contribution in [3.8, 4) is 0 Å². The van der Waals surface area contributed by atoms with Crippen molar-refractivity contribution in [3.05, 3.63) is 5.82 Å². The first-order chi connectivity index (χ1) is 7.42. The molecule has 1 heterocycles. The van der Waals surface area contributed by atoms with Gasteiger partial charge in [0.05, 0.1) is 0 Å². The number of nitrogens with zero attached hydrogens (tertiary/aromatic N) is 3. The molecule has 1 fully saturated rings. The number of hydrogen-bond acceptors (Lipinski definition) is 4. The molecule has 1 aromatic heterocycles. The van der Waals surface area contributed by atoms with Crippen LogP contribution in [0.4, 0.5) is 0 Å². The number of nitrogens with one attached hydrogen (secondary N) is 1. The largest absolute Gasteiger partial charge is 0.330 e. The number of hydrogen-bond donors (Lipinski definition) is 2. The second-order valence-electron chi connectivity index (χ2n) is 4.36. The first-order valence-corrected chi connectivity index (χ1v) is 5.85. The van der Waals surface area contributed by atoms with Crippen molar-refractivity contribution in [2.75, 3.05) is 6.54 Å². The van der Waals surface area contributed by atoms with Crippen molar-refractivity contribution in [2.45, 2.75) is 44.4 Å². The van der Waals surface area contributed by atoms with E-state index in [-0.39, 0.29) is 0 Å². The molecule has 1 atom stereocenters. The predicted molar refractivity (Wildman–Crippen MR) is 57.2 cm³/mol. The molecule has 5 heteroatoms. The van der Waals surface area contributed by atoms with Gasteiger partial charge in [-0.25, -0.2) is 0 Å². The first kappa shape index (κ1) is 10.5. The van der Waals surface area contributed by atoms with Crippen LogP contribution in [0.15, 0.2) is 0 Å². The van der Waals surface area contributed by atoms with Crippen LogP contribution in [-0.2, 0) is 0 Å². The Morgan fingerprint density at radius 1 is 1.27 bits per heavy atom. The molecule has 1 aliphatic carbocycles. The Bertz CT molecular complexity index is 263. The minimum absolute atomic E-state index is 0.293. The van der Waals surface area contributed by atoms with Crippen LogP contribution in [0.25, 0.3) is 0 Å². The molecule has 1 aliphatic rings. The molecule has 5 nitrogen and oxygen atoms in total. The molecule has 3 N–H and O–H groups in total. The van der Waals surface area contributed by atoms with Gasteiger partial charge in [-0.3, -0.25) is 0 Å². The van der Waals surface area contributed by atoms with Crippen LogP contribution < -0.4 is 5.73 Å². The third-order valence-corrected chi connectivity index (χ3v) is 3.42. The lowest BCUT2D eigenvalue weighted by atomic mass is 9.85. The molecule has 1 unspecified atom stereocenters. The second-order valence-corrected chi connectivity index (χ2v) is 4.36. The summed E-state index contributed by atoms with van der Waals surface area (Å²) in [5.41, 5.74) is 5.82. The van der Waals surface area contributed by atoms with Crippen LogP contribution in [0.3, 0.4) is 0 Å². The lowest BCUT2D eigenvalue weighted by molar-refractivity contribution is 0.368. The molecule has 0 aliphatic heterocycles. The summed E-state index contributed by atoms with van der Waals surface area (Å²) in [5.74, 6) is 1.74. The molecule has 0 amide bonds. The van der Waals surface area contributed by atoms with E-state index in [1.54, 1.807) is 0 Å². The average molecular weight is 209 g/mol. The number of aromatic nitrogens is 4. The third kappa shape index (κ3) is 2.53. The summed E-state index contributed by atoms with van der Waals surface area (Å²) in [6, 6.07) is 0. The Kier molecular flexibility index (Phi) is 3.66. The highest BCUT2D eigenvalue weighted by atomic mass is 15.5. The second kappa shape index (κ2) is 5.21. The Morgan fingerprint density at radius 2 is 2.00 bits per heavy atom. The predicted octanol–water partition coefficient (Wildman–Crippen LogP) is 1.21. The van der Waals surface area contributed by atoms with Crippen molar-refractivity contribution in [1.82, 2.24) is 20.6 Å². The Balaban J connectivity index is 2.04. The van der Waals surface area contributed by atoms with E-state index in [0.717, 1.165) is 5.82 Å². The third-order valence-electron chi connectivity index (χ3n) is 3.42. The fourth-order valence-electron chi connectivity index (χ4n) is 2.55. The minimum Gasteiger partial charge on any atom is -0.330 e. The van der Waals surface area contributed by atoms with E-state index >= 15 is 0 Å². The summed E-state index contributed by atoms with van der Waals surface area (Å²) in [6.07, 6.45) is 7.88. The molecule has 0 radical (unpaired) electrons. The Morgan fingerprint density at radius 3 is 2.53 bits per heavy atom. The fourth-order valence-corrected chi connectivity index (χ4v) is 2.55. The zero-order chi connectivity index (χ0) is 10.5. The summed E-state index contributed by atoms with van der Waals surface area (Å²) < 4.78 is 0. The van der Waals surface area contributed by atoms with E-state index in [4.69, 9.17) is 5.73 Å². The zero-order valence-corrected chi connectivity index (χ0v) is 9.02. The lowest BCUT2D eigenvalue weighted by Crippen LogP contribution is -2.22. The van der Waals surface area contributed by atoms with Crippen LogP contribution in [0.1, 0.15) is 50.3 Å². The van der Waals surface area contributed by atoms with Crippen LogP contribution >= 0.6 is 0 Å². The van der Waals surface area contributed by atoms with Gasteiger partial charge in [-0.2, -0.15) is 5.21 Å². The molecular formula is C10H19N5. The highest BCUT2D eigenvalue weighted by Crippen LogP contribution is 2.32. The molecule has 1 aromatic rings.